The fourth-order valence-electron chi connectivity index (χ4n) is 2.55. The van der Waals surface area contributed by atoms with Crippen molar-refractivity contribution in [2.24, 2.45) is 0 Å². The van der Waals surface area contributed by atoms with E-state index in [9.17, 15) is 19.2 Å². The van der Waals surface area contributed by atoms with Gasteiger partial charge in [-0.3, -0.25) is 14.4 Å². The van der Waals surface area contributed by atoms with Crippen LogP contribution < -0.4 is 5.32 Å². The molecule has 0 fully saturated rings. The van der Waals surface area contributed by atoms with Crippen molar-refractivity contribution in [3.8, 4) is 0 Å². The van der Waals surface area contributed by atoms with Crippen LogP contribution in [0.1, 0.15) is 56.2 Å². The molecule has 1 N–H and O–H groups in total. The summed E-state index contributed by atoms with van der Waals surface area (Å²) in [6.07, 6.45) is 0.367. The number of anilines is 1. The van der Waals surface area contributed by atoms with Crippen LogP contribution in [-0.4, -0.2) is 30.6 Å². The topological polar surface area (TPSA) is 89.5 Å². The summed E-state index contributed by atoms with van der Waals surface area (Å²) < 4.78 is 4.67. The molecule has 0 saturated heterocycles. The van der Waals surface area contributed by atoms with Gasteiger partial charge in [0.05, 0.1) is 17.6 Å². The lowest BCUT2D eigenvalue weighted by Gasteiger charge is -2.10. The Morgan fingerprint density at radius 2 is 1.68 bits per heavy atom. The Bertz CT molecular complexity index is 900. The van der Waals surface area contributed by atoms with Crippen LogP contribution in [0.3, 0.4) is 0 Å². The smallest absolute Gasteiger partial charge is 0.337 e. The second kappa shape index (κ2) is 9.94. The summed E-state index contributed by atoms with van der Waals surface area (Å²) in [5.74, 6) is -0.988. The van der Waals surface area contributed by atoms with E-state index in [1.165, 1.54) is 18.4 Å². The molecule has 0 saturated carbocycles. The zero-order valence-electron chi connectivity index (χ0n) is 16.2. The number of aryl methyl sites for hydroxylation is 2. The molecule has 148 valence electrons. The molecule has 0 bridgehead atoms. The van der Waals surface area contributed by atoms with Gasteiger partial charge in [-0.05, 0) is 43.7 Å². The maximum atomic E-state index is 12.1. The molecule has 0 aliphatic rings. The van der Waals surface area contributed by atoms with Gasteiger partial charge >= 0.3 is 5.97 Å². The monoisotopic (exact) mass is 401 g/mol. The standard InChI is InChI=1S/C21H23NO5S/c1-13-4-6-15(21(26)27-3)12-17(13)22-20(25)11-8-16(23)7-9-18(24)19-10-5-14(2)28-19/h4-6,10,12H,7-9,11H2,1-3H3,(H,22,25). The van der Waals surface area contributed by atoms with Gasteiger partial charge in [-0.25, -0.2) is 4.79 Å². The van der Waals surface area contributed by atoms with Crippen LogP contribution in [0.4, 0.5) is 5.69 Å². The summed E-state index contributed by atoms with van der Waals surface area (Å²) in [7, 11) is 1.29. The number of carbonyl (C=O) groups is 4. The lowest BCUT2D eigenvalue weighted by Crippen LogP contribution is -2.15. The average molecular weight is 401 g/mol. The Morgan fingerprint density at radius 1 is 0.964 bits per heavy atom. The number of carbonyl (C=O) groups excluding carboxylic acids is 4. The zero-order valence-corrected chi connectivity index (χ0v) is 17.0. The fourth-order valence-corrected chi connectivity index (χ4v) is 3.39. The summed E-state index contributed by atoms with van der Waals surface area (Å²) >= 11 is 1.42. The highest BCUT2D eigenvalue weighted by Gasteiger charge is 2.14. The number of Topliss-reactive ketones (excluding diaryl/α,β-unsaturated/α-hetero) is 2. The molecule has 6 nitrogen and oxygen atoms in total. The van der Waals surface area contributed by atoms with E-state index in [4.69, 9.17) is 0 Å². The van der Waals surface area contributed by atoms with Gasteiger partial charge in [0.2, 0.25) is 5.91 Å². The van der Waals surface area contributed by atoms with E-state index in [-0.39, 0.29) is 43.2 Å². The minimum atomic E-state index is -0.490. The summed E-state index contributed by atoms with van der Waals surface area (Å²) in [6.45, 7) is 3.73. The summed E-state index contributed by atoms with van der Waals surface area (Å²) in [4.78, 5) is 49.5. The number of esters is 1. The summed E-state index contributed by atoms with van der Waals surface area (Å²) in [6, 6.07) is 8.52. The largest absolute Gasteiger partial charge is 0.465 e. The quantitative estimate of drug-likeness (QED) is 0.505. The van der Waals surface area contributed by atoms with Crippen molar-refractivity contribution < 1.29 is 23.9 Å². The molecule has 0 aliphatic carbocycles. The minimum Gasteiger partial charge on any atom is -0.465 e. The van der Waals surface area contributed by atoms with Crippen LogP contribution in [0, 0.1) is 13.8 Å². The normalized spacial score (nSPS) is 10.4. The average Bonchev–Trinajstić information content (AvgIpc) is 3.12. The van der Waals surface area contributed by atoms with E-state index in [0.717, 1.165) is 10.4 Å². The second-order valence-corrected chi connectivity index (χ2v) is 7.73. The number of nitrogens with one attached hydrogen (secondary N) is 1. The Morgan fingerprint density at radius 3 is 2.32 bits per heavy atom. The van der Waals surface area contributed by atoms with E-state index in [2.05, 4.69) is 10.1 Å². The molecule has 0 unspecified atom stereocenters. The zero-order chi connectivity index (χ0) is 20.7. The van der Waals surface area contributed by atoms with Gasteiger partial charge < -0.3 is 10.1 Å². The van der Waals surface area contributed by atoms with Gasteiger partial charge in [0.25, 0.3) is 0 Å². The molecule has 0 aliphatic heterocycles. The van der Waals surface area contributed by atoms with Crippen LogP contribution in [0.5, 0.6) is 0 Å². The molecular formula is C21H23NO5S. The number of rotatable bonds is 9. The first-order chi connectivity index (χ1) is 13.3. The van der Waals surface area contributed by atoms with E-state index < -0.39 is 5.97 Å². The van der Waals surface area contributed by atoms with Gasteiger partial charge in [-0.15, -0.1) is 11.3 Å². The van der Waals surface area contributed by atoms with E-state index in [1.807, 2.05) is 13.0 Å². The van der Waals surface area contributed by atoms with Gasteiger partial charge in [-0.1, -0.05) is 6.07 Å². The Kier molecular flexibility index (Phi) is 7.63. The molecular weight excluding hydrogens is 378 g/mol. The Balaban J connectivity index is 1.81. The predicted octanol–water partition coefficient (Wildman–Crippen LogP) is 4.10. The summed E-state index contributed by atoms with van der Waals surface area (Å²) in [5, 5.41) is 2.71. The molecule has 1 aromatic carbocycles. The van der Waals surface area contributed by atoms with E-state index in [1.54, 1.807) is 31.2 Å². The van der Waals surface area contributed by atoms with Crippen molar-refractivity contribution >= 4 is 40.5 Å². The molecule has 28 heavy (non-hydrogen) atoms. The molecule has 2 aromatic rings. The van der Waals surface area contributed by atoms with E-state index in [0.29, 0.717) is 16.1 Å². The first kappa shape index (κ1) is 21.5. The van der Waals surface area contributed by atoms with Crippen molar-refractivity contribution in [3.63, 3.8) is 0 Å². The second-order valence-electron chi connectivity index (χ2n) is 6.44. The fraction of sp³-hybridized carbons (Fsp3) is 0.333. The number of ether oxygens (including phenoxy) is 1. The van der Waals surface area contributed by atoms with Gasteiger partial charge in [0.1, 0.15) is 5.78 Å². The lowest BCUT2D eigenvalue weighted by molar-refractivity contribution is -0.122. The van der Waals surface area contributed by atoms with Crippen LogP contribution >= 0.6 is 11.3 Å². The minimum absolute atomic E-state index is 0.0209. The van der Waals surface area contributed by atoms with Gasteiger partial charge in [-0.2, -0.15) is 0 Å². The number of hydrogen-bond acceptors (Lipinski definition) is 6. The van der Waals surface area contributed by atoms with Crippen molar-refractivity contribution in [1.82, 2.24) is 0 Å². The maximum absolute atomic E-state index is 12.1. The number of amides is 1. The first-order valence-electron chi connectivity index (χ1n) is 8.90. The lowest BCUT2D eigenvalue weighted by atomic mass is 10.1. The number of ketones is 2. The first-order valence-corrected chi connectivity index (χ1v) is 9.72. The maximum Gasteiger partial charge on any atom is 0.337 e. The van der Waals surface area contributed by atoms with Crippen LogP contribution in [-0.2, 0) is 14.3 Å². The third-order valence-electron chi connectivity index (χ3n) is 4.21. The molecule has 1 aromatic heterocycles. The highest BCUT2D eigenvalue weighted by molar-refractivity contribution is 7.14. The molecule has 0 radical (unpaired) electrons. The predicted molar refractivity (Wildman–Crippen MR) is 108 cm³/mol. The molecule has 7 heteroatoms. The highest BCUT2D eigenvalue weighted by atomic mass is 32.1. The van der Waals surface area contributed by atoms with Crippen molar-refractivity contribution in [1.29, 1.82) is 0 Å². The molecule has 2 rings (SSSR count). The third-order valence-corrected chi connectivity index (χ3v) is 5.25. The van der Waals surface area contributed by atoms with Crippen LogP contribution in [0.2, 0.25) is 0 Å². The Hall–Kier alpha value is -2.80. The van der Waals surface area contributed by atoms with E-state index >= 15 is 0 Å². The number of hydrogen-bond donors (Lipinski definition) is 1. The van der Waals surface area contributed by atoms with Crippen molar-refractivity contribution in [3.05, 3.63) is 51.2 Å². The Labute approximate surface area is 167 Å². The van der Waals surface area contributed by atoms with Crippen LogP contribution in [0.15, 0.2) is 30.3 Å². The van der Waals surface area contributed by atoms with Crippen molar-refractivity contribution in [2.75, 3.05) is 12.4 Å². The highest BCUT2D eigenvalue weighted by Crippen LogP contribution is 2.19. The summed E-state index contributed by atoms with van der Waals surface area (Å²) in [5.41, 5.74) is 1.63. The van der Waals surface area contributed by atoms with Gasteiger partial charge in [0.15, 0.2) is 5.78 Å². The SMILES string of the molecule is COC(=O)c1ccc(C)c(NC(=O)CCC(=O)CCC(=O)c2ccc(C)s2)c1. The van der Waals surface area contributed by atoms with Crippen molar-refractivity contribution in [2.45, 2.75) is 39.5 Å². The molecule has 1 amide bonds. The third kappa shape index (κ3) is 6.13. The number of thiophene rings is 1. The molecule has 0 atom stereocenters. The number of methoxy groups -OCH3 is 1. The van der Waals surface area contributed by atoms with Crippen LogP contribution in [0.25, 0.3) is 0 Å². The van der Waals surface area contributed by atoms with Gasteiger partial charge in [0, 0.05) is 36.2 Å². The molecule has 0 spiro atoms. The molecule has 1 heterocycles. The number of benzene rings is 1.